The smallest absolute Gasteiger partial charge is 0.309 e. The monoisotopic (exact) mass is 293 g/mol. The Balaban J connectivity index is 1.66. The molecule has 3 aliphatic rings. The molecule has 2 bridgehead atoms. The Bertz CT molecular complexity index is 499. The molecule has 0 radical (unpaired) electrons. The largest absolute Gasteiger partial charge is 0.465 e. The number of carbonyl (C=O) groups excluding carboxylic acids is 3. The SMILES string of the molecule is CCC(C)(C)C(=O)NC(=O)C1CC2CC1C1COC(=O)C21. The van der Waals surface area contributed by atoms with Crippen LogP contribution in [0.5, 0.6) is 0 Å². The lowest BCUT2D eigenvalue weighted by atomic mass is 9.75. The van der Waals surface area contributed by atoms with E-state index in [2.05, 4.69) is 5.32 Å². The van der Waals surface area contributed by atoms with Crippen molar-refractivity contribution in [2.75, 3.05) is 6.61 Å². The van der Waals surface area contributed by atoms with Crippen molar-refractivity contribution in [3.05, 3.63) is 0 Å². The Morgan fingerprint density at radius 2 is 2.00 bits per heavy atom. The van der Waals surface area contributed by atoms with Crippen LogP contribution in [0.15, 0.2) is 0 Å². The van der Waals surface area contributed by atoms with Crippen LogP contribution in [0.4, 0.5) is 0 Å². The van der Waals surface area contributed by atoms with Crippen molar-refractivity contribution in [3.63, 3.8) is 0 Å². The van der Waals surface area contributed by atoms with Crippen molar-refractivity contribution in [2.45, 2.75) is 40.0 Å². The number of esters is 1. The lowest BCUT2D eigenvalue weighted by Crippen LogP contribution is -2.45. The molecular formula is C16H23NO4. The van der Waals surface area contributed by atoms with Gasteiger partial charge in [0.2, 0.25) is 11.8 Å². The highest BCUT2D eigenvalue weighted by Crippen LogP contribution is 2.57. The molecule has 0 spiro atoms. The average Bonchev–Trinajstić information content (AvgIpc) is 3.11. The van der Waals surface area contributed by atoms with E-state index in [1.165, 1.54) is 0 Å². The molecule has 1 saturated heterocycles. The normalized spacial score (nSPS) is 37.3. The van der Waals surface area contributed by atoms with E-state index in [1.54, 1.807) is 0 Å². The van der Waals surface area contributed by atoms with E-state index in [0.717, 1.165) is 6.42 Å². The molecule has 0 aromatic heterocycles. The molecule has 5 unspecified atom stereocenters. The first-order chi connectivity index (χ1) is 9.85. The number of nitrogens with one attached hydrogen (secondary N) is 1. The minimum atomic E-state index is -0.526. The summed E-state index contributed by atoms with van der Waals surface area (Å²) in [5, 5.41) is 2.59. The Morgan fingerprint density at radius 1 is 1.29 bits per heavy atom. The summed E-state index contributed by atoms with van der Waals surface area (Å²) in [6.07, 6.45) is 2.33. The van der Waals surface area contributed by atoms with Gasteiger partial charge in [0.1, 0.15) is 0 Å². The maximum atomic E-state index is 12.4. The van der Waals surface area contributed by atoms with E-state index in [-0.39, 0.29) is 47.4 Å². The van der Waals surface area contributed by atoms with Gasteiger partial charge in [0.05, 0.1) is 12.5 Å². The third-order valence-electron chi connectivity index (χ3n) is 5.93. The predicted molar refractivity (Wildman–Crippen MR) is 74.9 cm³/mol. The summed E-state index contributed by atoms with van der Waals surface area (Å²) in [6, 6.07) is 0. The van der Waals surface area contributed by atoms with E-state index in [9.17, 15) is 14.4 Å². The molecule has 2 saturated carbocycles. The maximum Gasteiger partial charge on any atom is 0.309 e. The number of ether oxygens (including phenoxy) is 1. The maximum absolute atomic E-state index is 12.4. The molecule has 0 aromatic carbocycles. The second-order valence-electron chi connectivity index (χ2n) is 7.38. The molecule has 5 heteroatoms. The zero-order valence-electron chi connectivity index (χ0n) is 12.8. The van der Waals surface area contributed by atoms with Crippen molar-refractivity contribution in [2.24, 2.45) is 35.0 Å². The fourth-order valence-electron chi connectivity index (χ4n) is 4.20. The van der Waals surface area contributed by atoms with Gasteiger partial charge in [-0.05, 0) is 31.1 Å². The van der Waals surface area contributed by atoms with Crippen LogP contribution in [-0.2, 0) is 19.1 Å². The van der Waals surface area contributed by atoms with Crippen molar-refractivity contribution in [1.29, 1.82) is 0 Å². The molecule has 5 atom stereocenters. The number of hydrogen-bond acceptors (Lipinski definition) is 4. The summed E-state index contributed by atoms with van der Waals surface area (Å²) in [5.41, 5.74) is -0.526. The number of rotatable bonds is 3. The Labute approximate surface area is 124 Å². The van der Waals surface area contributed by atoms with Gasteiger partial charge < -0.3 is 4.74 Å². The number of carbonyl (C=O) groups is 3. The summed E-state index contributed by atoms with van der Waals surface area (Å²) < 4.78 is 5.14. The highest BCUT2D eigenvalue weighted by molar-refractivity contribution is 5.99. The van der Waals surface area contributed by atoms with E-state index in [1.807, 2.05) is 20.8 Å². The lowest BCUT2D eigenvalue weighted by molar-refractivity contribution is -0.143. The molecular weight excluding hydrogens is 270 g/mol. The van der Waals surface area contributed by atoms with Gasteiger partial charge in [-0.25, -0.2) is 0 Å². The summed E-state index contributed by atoms with van der Waals surface area (Å²) in [4.78, 5) is 36.3. The minimum absolute atomic E-state index is 0.00170. The number of fused-ring (bicyclic) bond motifs is 5. The van der Waals surface area contributed by atoms with Gasteiger partial charge in [0, 0.05) is 17.3 Å². The van der Waals surface area contributed by atoms with Gasteiger partial charge in [-0.15, -0.1) is 0 Å². The Hall–Kier alpha value is -1.39. The van der Waals surface area contributed by atoms with E-state index in [0.29, 0.717) is 19.4 Å². The van der Waals surface area contributed by atoms with Crippen LogP contribution in [0.1, 0.15) is 40.0 Å². The second kappa shape index (κ2) is 4.82. The highest BCUT2D eigenvalue weighted by Gasteiger charge is 2.60. The third-order valence-corrected chi connectivity index (χ3v) is 5.93. The molecule has 5 nitrogen and oxygen atoms in total. The van der Waals surface area contributed by atoms with E-state index < -0.39 is 5.41 Å². The summed E-state index contributed by atoms with van der Waals surface area (Å²) in [7, 11) is 0. The Morgan fingerprint density at radius 3 is 2.67 bits per heavy atom. The Kier molecular flexibility index (Phi) is 3.34. The van der Waals surface area contributed by atoms with Gasteiger partial charge in [-0.2, -0.15) is 0 Å². The lowest BCUT2D eigenvalue weighted by Gasteiger charge is -2.29. The molecule has 1 aliphatic heterocycles. The first-order valence-electron chi connectivity index (χ1n) is 7.87. The topological polar surface area (TPSA) is 72.5 Å². The van der Waals surface area contributed by atoms with Crippen LogP contribution in [0.2, 0.25) is 0 Å². The van der Waals surface area contributed by atoms with Crippen LogP contribution in [0.3, 0.4) is 0 Å². The number of hydrogen-bond donors (Lipinski definition) is 1. The second-order valence-corrected chi connectivity index (χ2v) is 7.38. The molecule has 116 valence electrons. The van der Waals surface area contributed by atoms with Crippen LogP contribution in [-0.4, -0.2) is 24.4 Å². The zero-order valence-corrected chi connectivity index (χ0v) is 12.8. The summed E-state index contributed by atoms with van der Waals surface area (Å²) in [5.74, 6) is 0.0592. The number of amides is 2. The summed E-state index contributed by atoms with van der Waals surface area (Å²) in [6.45, 7) is 6.07. The molecule has 21 heavy (non-hydrogen) atoms. The van der Waals surface area contributed by atoms with E-state index >= 15 is 0 Å². The average molecular weight is 293 g/mol. The molecule has 1 heterocycles. The number of imide groups is 1. The van der Waals surface area contributed by atoms with Crippen LogP contribution >= 0.6 is 0 Å². The zero-order chi connectivity index (χ0) is 15.4. The molecule has 3 rings (SSSR count). The van der Waals surface area contributed by atoms with E-state index in [4.69, 9.17) is 4.74 Å². The number of cyclic esters (lactones) is 1. The third kappa shape index (κ3) is 2.17. The van der Waals surface area contributed by atoms with Crippen molar-refractivity contribution in [3.8, 4) is 0 Å². The van der Waals surface area contributed by atoms with Crippen LogP contribution in [0.25, 0.3) is 0 Å². The van der Waals surface area contributed by atoms with Crippen molar-refractivity contribution in [1.82, 2.24) is 5.32 Å². The highest BCUT2D eigenvalue weighted by atomic mass is 16.5. The molecule has 3 fully saturated rings. The molecule has 0 aromatic rings. The minimum Gasteiger partial charge on any atom is -0.465 e. The van der Waals surface area contributed by atoms with Crippen molar-refractivity contribution < 1.29 is 19.1 Å². The van der Waals surface area contributed by atoms with Gasteiger partial charge in [-0.3, -0.25) is 19.7 Å². The van der Waals surface area contributed by atoms with Gasteiger partial charge in [0.25, 0.3) is 0 Å². The quantitative estimate of drug-likeness (QED) is 0.801. The van der Waals surface area contributed by atoms with Crippen LogP contribution in [0, 0.1) is 35.0 Å². The van der Waals surface area contributed by atoms with Gasteiger partial charge in [-0.1, -0.05) is 20.8 Å². The first kappa shape index (κ1) is 14.5. The fourth-order valence-corrected chi connectivity index (χ4v) is 4.20. The summed E-state index contributed by atoms with van der Waals surface area (Å²) >= 11 is 0. The van der Waals surface area contributed by atoms with Gasteiger partial charge in [0.15, 0.2) is 0 Å². The van der Waals surface area contributed by atoms with Gasteiger partial charge >= 0.3 is 5.97 Å². The standard InChI is InChI=1S/C16H23NO4/c1-4-16(2,3)15(20)17-13(18)10-6-8-5-9(10)11-7-21-14(19)12(8)11/h8-12H,4-7H2,1-3H3,(H,17,18,20). The first-order valence-corrected chi connectivity index (χ1v) is 7.87. The fraction of sp³-hybridized carbons (Fsp3) is 0.812. The van der Waals surface area contributed by atoms with Crippen molar-refractivity contribution >= 4 is 17.8 Å². The predicted octanol–water partition coefficient (Wildman–Crippen LogP) is 1.51. The molecule has 2 aliphatic carbocycles. The van der Waals surface area contributed by atoms with Crippen LogP contribution < -0.4 is 5.32 Å². The molecule has 1 N–H and O–H groups in total. The molecule has 2 amide bonds.